The number of nitrogens with zero attached hydrogens (tertiary/aromatic N) is 1. The number of carbonyl (C=O) groups is 1. The predicted octanol–water partition coefficient (Wildman–Crippen LogP) is 3.24. The van der Waals surface area contributed by atoms with Crippen molar-refractivity contribution in [2.75, 3.05) is 13.1 Å². The van der Waals surface area contributed by atoms with Crippen molar-refractivity contribution < 1.29 is 4.79 Å². The summed E-state index contributed by atoms with van der Waals surface area (Å²) in [6.45, 7) is 4.07. The molecule has 0 aliphatic heterocycles. The molecule has 0 aromatic carbocycles. The lowest BCUT2D eigenvalue weighted by atomic mass is 9.89. The van der Waals surface area contributed by atoms with Crippen LogP contribution >= 0.6 is 0 Å². The molecule has 0 spiro atoms. The van der Waals surface area contributed by atoms with E-state index in [2.05, 4.69) is 24.0 Å². The summed E-state index contributed by atoms with van der Waals surface area (Å²) in [6, 6.07) is 0. The maximum absolute atomic E-state index is 12.1. The molecular weight excluding hydrogens is 222 g/mol. The van der Waals surface area contributed by atoms with Gasteiger partial charge in [-0.05, 0) is 63.2 Å². The van der Waals surface area contributed by atoms with E-state index in [9.17, 15) is 4.79 Å². The summed E-state index contributed by atoms with van der Waals surface area (Å²) in [6.07, 6.45) is 12.2. The second-order valence-corrected chi connectivity index (χ2v) is 6.36. The highest BCUT2D eigenvalue weighted by Gasteiger charge is 2.44. The Balaban J connectivity index is 1.48. The summed E-state index contributed by atoms with van der Waals surface area (Å²) in [5.74, 6) is 3.46. The first-order chi connectivity index (χ1) is 8.79. The standard InChI is InChI=1S/C16H25NO/c1-2-17(16(18)13-8-9-13)11-14-10-15(14)12-6-4-3-5-7-12/h3-4,12-15H,2,5-11H2,1H3. The van der Waals surface area contributed by atoms with E-state index in [1.54, 1.807) is 0 Å². The summed E-state index contributed by atoms with van der Waals surface area (Å²) in [5, 5.41) is 0. The maximum atomic E-state index is 12.1. The van der Waals surface area contributed by atoms with Crippen molar-refractivity contribution in [3.8, 4) is 0 Å². The van der Waals surface area contributed by atoms with Crippen LogP contribution < -0.4 is 0 Å². The average molecular weight is 247 g/mol. The van der Waals surface area contributed by atoms with Crippen LogP contribution in [-0.2, 0) is 4.79 Å². The molecule has 2 heteroatoms. The van der Waals surface area contributed by atoms with Crippen molar-refractivity contribution in [3.63, 3.8) is 0 Å². The number of hydrogen-bond acceptors (Lipinski definition) is 1. The van der Waals surface area contributed by atoms with Gasteiger partial charge < -0.3 is 4.90 Å². The van der Waals surface area contributed by atoms with Gasteiger partial charge in [0.15, 0.2) is 0 Å². The number of allylic oxidation sites excluding steroid dienone is 2. The SMILES string of the molecule is CCN(CC1CC1C1CC=CCC1)C(=O)C1CC1. The Morgan fingerprint density at radius 1 is 1.28 bits per heavy atom. The van der Waals surface area contributed by atoms with Crippen LogP contribution in [0.5, 0.6) is 0 Å². The van der Waals surface area contributed by atoms with Crippen molar-refractivity contribution in [2.45, 2.75) is 45.4 Å². The minimum Gasteiger partial charge on any atom is -0.342 e. The van der Waals surface area contributed by atoms with Crippen LogP contribution in [0.3, 0.4) is 0 Å². The third-order valence-corrected chi connectivity index (χ3v) is 4.97. The molecule has 0 N–H and O–H groups in total. The lowest BCUT2D eigenvalue weighted by Gasteiger charge is -2.22. The van der Waals surface area contributed by atoms with E-state index < -0.39 is 0 Å². The zero-order valence-corrected chi connectivity index (χ0v) is 11.5. The van der Waals surface area contributed by atoms with Crippen LogP contribution in [-0.4, -0.2) is 23.9 Å². The van der Waals surface area contributed by atoms with Crippen molar-refractivity contribution in [3.05, 3.63) is 12.2 Å². The van der Waals surface area contributed by atoms with Gasteiger partial charge in [-0.2, -0.15) is 0 Å². The first kappa shape index (κ1) is 12.3. The molecule has 0 heterocycles. The Morgan fingerprint density at radius 2 is 2.11 bits per heavy atom. The van der Waals surface area contributed by atoms with Crippen LogP contribution in [0.4, 0.5) is 0 Å². The molecule has 2 saturated carbocycles. The van der Waals surface area contributed by atoms with Gasteiger partial charge >= 0.3 is 0 Å². The van der Waals surface area contributed by atoms with E-state index in [0.717, 1.165) is 43.7 Å². The molecule has 0 bridgehead atoms. The van der Waals surface area contributed by atoms with E-state index in [4.69, 9.17) is 0 Å². The van der Waals surface area contributed by atoms with E-state index in [1.165, 1.54) is 25.7 Å². The van der Waals surface area contributed by atoms with E-state index >= 15 is 0 Å². The van der Waals surface area contributed by atoms with Gasteiger partial charge in [-0.25, -0.2) is 0 Å². The predicted molar refractivity (Wildman–Crippen MR) is 73.1 cm³/mol. The number of carbonyl (C=O) groups excluding carboxylic acids is 1. The van der Waals surface area contributed by atoms with Crippen molar-refractivity contribution in [2.24, 2.45) is 23.7 Å². The fourth-order valence-electron chi connectivity index (χ4n) is 3.51. The Morgan fingerprint density at radius 3 is 2.72 bits per heavy atom. The second-order valence-electron chi connectivity index (χ2n) is 6.36. The van der Waals surface area contributed by atoms with E-state index in [0.29, 0.717) is 11.8 Å². The Kier molecular flexibility index (Phi) is 3.45. The van der Waals surface area contributed by atoms with Gasteiger partial charge in [0.05, 0.1) is 0 Å². The van der Waals surface area contributed by atoms with Gasteiger partial charge in [-0.1, -0.05) is 12.2 Å². The van der Waals surface area contributed by atoms with Crippen LogP contribution in [0, 0.1) is 23.7 Å². The average Bonchev–Trinajstić information content (AvgIpc) is 3.29. The summed E-state index contributed by atoms with van der Waals surface area (Å²) in [7, 11) is 0. The van der Waals surface area contributed by atoms with E-state index in [-0.39, 0.29) is 0 Å². The van der Waals surface area contributed by atoms with Gasteiger partial charge in [-0.15, -0.1) is 0 Å². The zero-order valence-electron chi connectivity index (χ0n) is 11.5. The molecular formula is C16H25NO. The highest BCUT2D eigenvalue weighted by molar-refractivity contribution is 5.81. The van der Waals surface area contributed by atoms with Gasteiger partial charge in [0, 0.05) is 19.0 Å². The number of hydrogen-bond donors (Lipinski definition) is 0. The Bertz CT molecular complexity index is 345. The van der Waals surface area contributed by atoms with E-state index in [1.807, 2.05) is 0 Å². The molecule has 100 valence electrons. The van der Waals surface area contributed by atoms with Crippen LogP contribution in [0.15, 0.2) is 12.2 Å². The Labute approximate surface area is 110 Å². The Hall–Kier alpha value is -0.790. The molecule has 18 heavy (non-hydrogen) atoms. The summed E-state index contributed by atoms with van der Waals surface area (Å²) in [4.78, 5) is 14.2. The lowest BCUT2D eigenvalue weighted by molar-refractivity contribution is -0.132. The smallest absolute Gasteiger partial charge is 0.225 e. The van der Waals surface area contributed by atoms with Crippen LogP contribution in [0.1, 0.15) is 45.4 Å². The van der Waals surface area contributed by atoms with Crippen LogP contribution in [0.2, 0.25) is 0 Å². The number of amides is 1. The highest BCUT2D eigenvalue weighted by Crippen LogP contribution is 2.49. The monoisotopic (exact) mass is 247 g/mol. The summed E-state index contributed by atoms with van der Waals surface area (Å²) < 4.78 is 0. The second kappa shape index (κ2) is 5.07. The zero-order chi connectivity index (χ0) is 12.5. The normalized spacial score (nSPS) is 34.4. The number of rotatable bonds is 5. The molecule has 2 fully saturated rings. The van der Waals surface area contributed by atoms with Gasteiger partial charge in [-0.3, -0.25) is 4.79 Å². The molecule has 0 saturated heterocycles. The quantitative estimate of drug-likeness (QED) is 0.683. The molecule has 0 aromatic heterocycles. The third kappa shape index (κ3) is 2.62. The first-order valence-corrected chi connectivity index (χ1v) is 7.73. The largest absolute Gasteiger partial charge is 0.342 e. The van der Waals surface area contributed by atoms with Gasteiger partial charge in [0.1, 0.15) is 0 Å². The molecule has 2 nitrogen and oxygen atoms in total. The molecule has 3 rings (SSSR count). The minimum atomic E-state index is 0.389. The molecule has 1 amide bonds. The molecule has 3 aliphatic carbocycles. The minimum absolute atomic E-state index is 0.389. The van der Waals surface area contributed by atoms with Crippen molar-refractivity contribution >= 4 is 5.91 Å². The molecule has 3 atom stereocenters. The third-order valence-electron chi connectivity index (χ3n) is 4.97. The molecule has 0 aromatic rings. The fraction of sp³-hybridized carbons (Fsp3) is 0.812. The highest BCUT2D eigenvalue weighted by atomic mass is 16.2. The maximum Gasteiger partial charge on any atom is 0.225 e. The molecule has 3 unspecified atom stereocenters. The fourth-order valence-corrected chi connectivity index (χ4v) is 3.51. The lowest BCUT2D eigenvalue weighted by Crippen LogP contribution is -2.34. The van der Waals surface area contributed by atoms with Gasteiger partial charge in [0.2, 0.25) is 5.91 Å². The topological polar surface area (TPSA) is 20.3 Å². The first-order valence-electron chi connectivity index (χ1n) is 7.73. The molecule has 0 radical (unpaired) electrons. The van der Waals surface area contributed by atoms with Crippen LogP contribution in [0.25, 0.3) is 0 Å². The van der Waals surface area contributed by atoms with Crippen molar-refractivity contribution in [1.82, 2.24) is 4.90 Å². The molecule has 3 aliphatic rings. The van der Waals surface area contributed by atoms with Gasteiger partial charge in [0.25, 0.3) is 0 Å². The summed E-state index contributed by atoms with van der Waals surface area (Å²) in [5.41, 5.74) is 0. The van der Waals surface area contributed by atoms with Crippen molar-refractivity contribution in [1.29, 1.82) is 0 Å². The summed E-state index contributed by atoms with van der Waals surface area (Å²) >= 11 is 0.